The summed E-state index contributed by atoms with van der Waals surface area (Å²) in [6, 6.07) is 4.84. The summed E-state index contributed by atoms with van der Waals surface area (Å²) in [5.74, 6) is 0.285. The summed E-state index contributed by atoms with van der Waals surface area (Å²) in [6.07, 6.45) is 4.09. The summed E-state index contributed by atoms with van der Waals surface area (Å²) < 4.78 is 0. The fourth-order valence-electron chi connectivity index (χ4n) is 2.21. The van der Waals surface area contributed by atoms with E-state index in [0.29, 0.717) is 12.1 Å². The molecule has 1 aromatic rings. The van der Waals surface area contributed by atoms with Crippen molar-refractivity contribution in [1.82, 2.24) is 10.3 Å². The van der Waals surface area contributed by atoms with E-state index in [-0.39, 0.29) is 12.5 Å². The van der Waals surface area contributed by atoms with Gasteiger partial charge in [0.1, 0.15) is 0 Å². The van der Waals surface area contributed by atoms with Gasteiger partial charge in [-0.05, 0) is 37.3 Å². The van der Waals surface area contributed by atoms with Gasteiger partial charge >= 0.3 is 0 Å². The molecule has 3 nitrogen and oxygen atoms in total. The van der Waals surface area contributed by atoms with Crippen molar-refractivity contribution in [3.63, 3.8) is 0 Å². The molecule has 0 amide bonds. The molecule has 1 aliphatic rings. The number of hydrogen-bond acceptors (Lipinski definition) is 3. The highest BCUT2D eigenvalue weighted by Gasteiger charge is 2.25. The molecule has 2 N–H and O–H groups in total. The van der Waals surface area contributed by atoms with Crippen molar-refractivity contribution in [1.29, 1.82) is 0 Å². The Kier molecular flexibility index (Phi) is 3.56. The summed E-state index contributed by atoms with van der Waals surface area (Å²) in [7, 11) is 0. The predicted molar refractivity (Wildman–Crippen MR) is 64.1 cm³/mol. The van der Waals surface area contributed by atoms with Crippen molar-refractivity contribution < 1.29 is 5.11 Å². The van der Waals surface area contributed by atoms with Gasteiger partial charge < -0.3 is 10.4 Å². The van der Waals surface area contributed by atoms with Crippen LogP contribution >= 0.6 is 0 Å². The van der Waals surface area contributed by atoms with Gasteiger partial charge in [0, 0.05) is 18.8 Å². The Morgan fingerprint density at radius 2 is 2.38 bits per heavy atom. The van der Waals surface area contributed by atoms with Crippen molar-refractivity contribution >= 4 is 0 Å². The molecule has 0 bridgehead atoms. The van der Waals surface area contributed by atoms with E-state index < -0.39 is 0 Å². The van der Waals surface area contributed by atoms with Gasteiger partial charge in [-0.2, -0.15) is 0 Å². The molecule has 0 spiro atoms. The second-order valence-electron chi connectivity index (χ2n) is 4.75. The largest absolute Gasteiger partial charge is 0.396 e. The molecule has 1 aromatic heterocycles. The predicted octanol–water partition coefficient (Wildman–Crippen LogP) is 1.68. The zero-order chi connectivity index (χ0) is 11.5. The molecule has 0 fully saturated rings. The fraction of sp³-hybridized carbons (Fsp3) is 0.615. The Morgan fingerprint density at radius 1 is 1.56 bits per heavy atom. The number of fused-ring (bicyclic) bond motifs is 1. The van der Waals surface area contributed by atoms with Gasteiger partial charge in [0.25, 0.3) is 0 Å². The van der Waals surface area contributed by atoms with Gasteiger partial charge in [0.15, 0.2) is 0 Å². The third-order valence-corrected chi connectivity index (χ3v) is 3.56. The molecule has 0 aliphatic heterocycles. The van der Waals surface area contributed by atoms with E-state index in [0.717, 1.165) is 12.8 Å². The molecule has 16 heavy (non-hydrogen) atoms. The lowest BCUT2D eigenvalue weighted by molar-refractivity contribution is 0.200. The van der Waals surface area contributed by atoms with Crippen LogP contribution < -0.4 is 5.32 Å². The first kappa shape index (κ1) is 11.6. The van der Waals surface area contributed by atoms with Crippen LogP contribution in [-0.2, 0) is 6.42 Å². The third-order valence-electron chi connectivity index (χ3n) is 3.56. The standard InChI is InChI=1S/C13H20N2O/c1-9(8-16)10(2)15-12-6-5-11-4-3-7-14-13(11)12/h3-4,7,9-10,12,15-16H,5-6,8H2,1-2H3. The summed E-state index contributed by atoms with van der Waals surface area (Å²) >= 11 is 0. The normalized spacial score (nSPS) is 22.8. The SMILES string of the molecule is CC(CO)C(C)NC1CCc2cccnc21. The Bertz CT molecular complexity index is 354. The first-order chi connectivity index (χ1) is 7.72. The van der Waals surface area contributed by atoms with Gasteiger partial charge in [0.2, 0.25) is 0 Å². The Labute approximate surface area is 96.9 Å². The van der Waals surface area contributed by atoms with Gasteiger partial charge in [-0.1, -0.05) is 13.0 Å². The molecule has 3 unspecified atom stereocenters. The molecule has 0 aromatic carbocycles. The summed E-state index contributed by atoms with van der Waals surface area (Å²) in [5, 5.41) is 12.7. The number of aromatic nitrogens is 1. The second-order valence-corrected chi connectivity index (χ2v) is 4.75. The van der Waals surface area contributed by atoms with Gasteiger partial charge in [0.05, 0.1) is 11.7 Å². The highest BCUT2D eigenvalue weighted by molar-refractivity contribution is 5.27. The molecule has 3 atom stereocenters. The summed E-state index contributed by atoms with van der Waals surface area (Å²) in [4.78, 5) is 4.45. The van der Waals surface area contributed by atoms with Gasteiger partial charge in [-0.3, -0.25) is 4.98 Å². The molecule has 1 heterocycles. The number of aryl methyl sites for hydroxylation is 1. The molecular weight excluding hydrogens is 200 g/mol. The number of nitrogens with one attached hydrogen (secondary N) is 1. The van der Waals surface area contributed by atoms with E-state index in [1.54, 1.807) is 0 Å². The van der Waals surface area contributed by atoms with E-state index >= 15 is 0 Å². The van der Waals surface area contributed by atoms with Crippen molar-refractivity contribution in [3.8, 4) is 0 Å². The Balaban J connectivity index is 2.03. The van der Waals surface area contributed by atoms with Crippen LogP contribution in [0.25, 0.3) is 0 Å². The zero-order valence-electron chi connectivity index (χ0n) is 9.98. The number of pyridine rings is 1. The number of aliphatic hydroxyl groups is 1. The van der Waals surface area contributed by atoms with E-state index in [1.807, 2.05) is 12.3 Å². The lowest BCUT2D eigenvalue weighted by Gasteiger charge is -2.23. The maximum atomic E-state index is 9.12. The van der Waals surface area contributed by atoms with Crippen LogP contribution in [0.4, 0.5) is 0 Å². The van der Waals surface area contributed by atoms with Crippen molar-refractivity contribution in [3.05, 3.63) is 29.6 Å². The number of hydrogen-bond donors (Lipinski definition) is 2. The molecule has 88 valence electrons. The number of nitrogens with zero attached hydrogens (tertiary/aromatic N) is 1. The van der Waals surface area contributed by atoms with Crippen LogP contribution in [-0.4, -0.2) is 22.7 Å². The van der Waals surface area contributed by atoms with Crippen LogP contribution in [0, 0.1) is 5.92 Å². The average molecular weight is 220 g/mol. The minimum atomic E-state index is 0.232. The molecular formula is C13H20N2O. The van der Waals surface area contributed by atoms with Crippen LogP contribution in [0.15, 0.2) is 18.3 Å². The minimum absolute atomic E-state index is 0.232. The Hall–Kier alpha value is -0.930. The van der Waals surface area contributed by atoms with Crippen molar-refractivity contribution in [2.24, 2.45) is 5.92 Å². The smallest absolute Gasteiger partial charge is 0.0605 e. The van der Waals surface area contributed by atoms with Crippen molar-refractivity contribution in [2.45, 2.75) is 38.8 Å². The monoisotopic (exact) mass is 220 g/mol. The highest BCUT2D eigenvalue weighted by Crippen LogP contribution is 2.29. The van der Waals surface area contributed by atoms with Crippen molar-refractivity contribution in [2.75, 3.05) is 6.61 Å². The first-order valence-corrected chi connectivity index (χ1v) is 6.03. The van der Waals surface area contributed by atoms with Gasteiger partial charge in [-0.25, -0.2) is 0 Å². The summed E-state index contributed by atoms with van der Waals surface area (Å²) in [6.45, 7) is 4.42. The summed E-state index contributed by atoms with van der Waals surface area (Å²) in [5.41, 5.74) is 2.56. The maximum absolute atomic E-state index is 9.12. The minimum Gasteiger partial charge on any atom is -0.396 e. The molecule has 0 radical (unpaired) electrons. The third kappa shape index (κ3) is 2.25. The van der Waals surface area contributed by atoms with E-state index in [2.05, 4.69) is 30.2 Å². The van der Waals surface area contributed by atoms with Crippen LogP contribution in [0.5, 0.6) is 0 Å². The maximum Gasteiger partial charge on any atom is 0.0605 e. The first-order valence-electron chi connectivity index (χ1n) is 6.03. The van der Waals surface area contributed by atoms with E-state index in [4.69, 9.17) is 5.11 Å². The van der Waals surface area contributed by atoms with Gasteiger partial charge in [-0.15, -0.1) is 0 Å². The molecule has 1 aliphatic carbocycles. The fourth-order valence-corrected chi connectivity index (χ4v) is 2.21. The lowest BCUT2D eigenvalue weighted by Crippen LogP contribution is -2.36. The van der Waals surface area contributed by atoms with Crippen LogP contribution in [0.3, 0.4) is 0 Å². The average Bonchev–Trinajstić information content (AvgIpc) is 2.72. The Morgan fingerprint density at radius 3 is 3.12 bits per heavy atom. The van der Waals surface area contributed by atoms with E-state index in [1.165, 1.54) is 11.3 Å². The highest BCUT2D eigenvalue weighted by atomic mass is 16.3. The zero-order valence-corrected chi connectivity index (χ0v) is 9.98. The van der Waals surface area contributed by atoms with Crippen LogP contribution in [0.1, 0.15) is 37.6 Å². The second kappa shape index (κ2) is 4.93. The molecule has 0 saturated heterocycles. The van der Waals surface area contributed by atoms with E-state index in [9.17, 15) is 0 Å². The lowest BCUT2D eigenvalue weighted by atomic mass is 10.0. The van der Waals surface area contributed by atoms with Crippen LogP contribution in [0.2, 0.25) is 0 Å². The number of aliphatic hydroxyl groups excluding tert-OH is 1. The molecule has 2 rings (SSSR count). The molecule has 3 heteroatoms. The number of rotatable bonds is 4. The molecule has 0 saturated carbocycles. The topological polar surface area (TPSA) is 45.1 Å². The quantitative estimate of drug-likeness (QED) is 0.811.